The quantitative estimate of drug-likeness (QED) is 0.00819. The van der Waals surface area contributed by atoms with Gasteiger partial charge in [-0.15, -0.1) is 0 Å². The molecule has 0 spiro atoms. The minimum atomic E-state index is -0.530. The summed E-state index contributed by atoms with van der Waals surface area (Å²) in [6, 6.07) is 48.8. The van der Waals surface area contributed by atoms with Crippen LogP contribution in [0.15, 0.2) is 164 Å². The molecule has 0 aliphatic heterocycles. The van der Waals surface area contributed by atoms with Crippen LogP contribution >= 0.6 is 0 Å². The molecule has 678 valence electrons. The summed E-state index contributed by atoms with van der Waals surface area (Å²) in [5, 5.41) is 83.6. The standard InChI is InChI=1S/C123H114O12/c1-10-13-16-19-22-25-28-31-58-133-121(130)97-64-82-34-40-88-70-94-72-90(102-48-54-108(126)78(6)114(102)118(94)112-76(4)106(124)52-46-100(88)112)42-36-84-62-86(68-98(66-84)122(131)134-59-32-29-26-23-20-17-14-11-2)38-44-92-74-96-75-93(105-51-57-111(129)81(9)117(105)120(96)116-80(8)110(128)56-50-104(92)116)45-39-87-63-85(67-99(69-87)123(132)135-60-33-30-27-24-21-18-15-12-3)37-43-91-73-95-71-89(41-35-83(61-82)65-97)101-47-53-107(125)77(5)113(101)119(95)115-79(7)109(127)55-49-103(91)115/h46-57,61-75,124-129H,10-33,58-60H2,1-9H3. The molecule has 0 radical (unpaired) electrons. The van der Waals surface area contributed by atoms with Crippen molar-refractivity contribution >= 4 is 115 Å². The number of esters is 3. The van der Waals surface area contributed by atoms with Gasteiger partial charge >= 0.3 is 17.9 Å². The van der Waals surface area contributed by atoms with Gasteiger partial charge < -0.3 is 44.8 Å². The van der Waals surface area contributed by atoms with Gasteiger partial charge in [-0.25, -0.2) is 14.4 Å². The van der Waals surface area contributed by atoms with E-state index in [0.717, 1.165) is 106 Å². The highest BCUT2D eigenvalue weighted by molar-refractivity contribution is 6.28. The number of phenols is 6. The largest absolute Gasteiger partial charge is 0.508 e. The molecule has 6 N–H and O–H groups in total. The number of ether oxygens (including phenoxy) is 3. The summed E-state index contributed by atoms with van der Waals surface area (Å²) in [6.07, 6.45) is 25.6. The number of hydrogen-bond donors (Lipinski definition) is 6. The Kier molecular flexibility index (Phi) is 29.3. The fourth-order valence-corrected chi connectivity index (χ4v) is 19.3. The molecule has 1 aliphatic rings. The van der Waals surface area contributed by atoms with E-state index in [0.29, 0.717) is 168 Å². The lowest BCUT2D eigenvalue weighted by atomic mass is 9.87. The molecule has 15 aromatic rings. The first-order valence-electron chi connectivity index (χ1n) is 48.2. The van der Waals surface area contributed by atoms with Crippen LogP contribution < -0.4 is 0 Å². The van der Waals surface area contributed by atoms with Crippen molar-refractivity contribution in [3.63, 3.8) is 0 Å². The first-order chi connectivity index (χ1) is 65.6. The van der Waals surface area contributed by atoms with E-state index in [9.17, 15) is 45.0 Å². The molecule has 12 heteroatoms. The first kappa shape index (κ1) is 93.4. The van der Waals surface area contributed by atoms with E-state index in [4.69, 9.17) is 14.2 Å². The van der Waals surface area contributed by atoms with Crippen LogP contribution in [0.4, 0.5) is 0 Å². The molecule has 0 heterocycles. The smallest absolute Gasteiger partial charge is 0.338 e. The van der Waals surface area contributed by atoms with Gasteiger partial charge in [0.25, 0.3) is 0 Å². The predicted octanol–water partition coefficient (Wildman–Crippen LogP) is 28.8. The number of carbonyl (C=O) groups is 3. The third kappa shape index (κ3) is 20.6. The van der Waals surface area contributed by atoms with E-state index in [1.807, 2.05) is 133 Å². The van der Waals surface area contributed by atoms with Gasteiger partial charge in [-0.1, -0.05) is 227 Å². The fraction of sp³-hybridized carbons (Fsp3) is 0.293. The molecule has 0 aromatic heterocycles. The van der Waals surface area contributed by atoms with E-state index in [2.05, 4.69) is 91.8 Å². The van der Waals surface area contributed by atoms with Crippen LogP contribution in [0.1, 0.15) is 306 Å². The van der Waals surface area contributed by atoms with E-state index >= 15 is 0 Å². The molecule has 0 amide bonds. The number of fused-ring (bicyclic) bond motifs is 30. The van der Waals surface area contributed by atoms with Crippen LogP contribution in [-0.2, 0) is 14.2 Å². The molecular formula is C123H114O12. The van der Waals surface area contributed by atoms with E-state index < -0.39 is 17.9 Å². The van der Waals surface area contributed by atoms with Crippen LogP contribution in [-0.4, -0.2) is 68.4 Å². The fourth-order valence-electron chi connectivity index (χ4n) is 19.3. The van der Waals surface area contributed by atoms with Crippen molar-refractivity contribution in [1.29, 1.82) is 0 Å². The summed E-state index contributed by atoms with van der Waals surface area (Å²) in [7, 11) is 0. The lowest BCUT2D eigenvalue weighted by Gasteiger charge is -2.16. The summed E-state index contributed by atoms with van der Waals surface area (Å²) >= 11 is 0. The van der Waals surface area contributed by atoms with E-state index in [-0.39, 0.29) is 71.0 Å². The Morgan fingerprint density at radius 3 is 0.563 bits per heavy atom. The summed E-state index contributed by atoms with van der Waals surface area (Å²) in [5.74, 6) is 40.7. The van der Waals surface area contributed by atoms with Gasteiger partial charge in [-0.3, -0.25) is 0 Å². The van der Waals surface area contributed by atoms with Crippen molar-refractivity contribution in [3.8, 4) is 106 Å². The number of hydrogen-bond acceptors (Lipinski definition) is 12. The van der Waals surface area contributed by atoms with Crippen molar-refractivity contribution in [2.24, 2.45) is 0 Å². The first-order valence-corrected chi connectivity index (χ1v) is 48.2. The number of phenolic OH excluding ortho intramolecular Hbond substituents is 6. The Morgan fingerprint density at radius 2 is 0.385 bits per heavy atom. The lowest BCUT2D eigenvalue weighted by molar-refractivity contribution is 0.0488. The van der Waals surface area contributed by atoms with Gasteiger partial charge in [0, 0.05) is 66.8 Å². The van der Waals surface area contributed by atoms with Crippen molar-refractivity contribution < 1.29 is 59.2 Å². The highest BCUT2D eigenvalue weighted by atomic mass is 16.5. The highest BCUT2D eigenvalue weighted by Crippen LogP contribution is 2.47. The van der Waals surface area contributed by atoms with Crippen molar-refractivity contribution in [2.75, 3.05) is 19.8 Å². The third-order valence-electron chi connectivity index (χ3n) is 26.8. The minimum absolute atomic E-state index is 0.0563. The average Bonchev–Trinajstić information content (AvgIpc) is 0.730. The molecule has 0 atom stereocenters. The topological polar surface area (TPSA) is 200 Å². The molecule has 0 fully saturated rings. The van der Waals surface area contributed by atoms with E-state index in [1.165, 1.54) is 77.0 Å². The summed E-state index contributed by atoms with van der Waals surface area (Å²) in [5.41, 5.74) is 10.5. The number of aryl methyl sites for hydroxylation is 6. The monoisotopic (exact) mass is 1780 g/mol. The molecule has 12 nitrogen and oxygen atoms in total. The minimum Gasteiger partial charge on any atom is -0.508 e. The third-order valence-corrected chi connectivity index (χ3v) is 26.8. The van der Waals surface area contributed by atoms with Gasteiger partial charge in [-0.05, 0) is 355 Å². The van der Waals surface area contributed by atoms with Crippen LogP contribution in [0.5, 0.6) is 34.5 Å². The summed E-state index contributed by atoms with van der Waals surface area (Å²) in [4.78, 5) is 43.9. The number of rotatable bonds is 30. The second kappa shape index (κ2) is 42.4. The van der Waals surface area contributed by atoms with Gasteiger partial charge in [-0.2, -0.15) is 0 Å². The van der Waals surface area contributed by atoms with Gasteiger partial charge in [0.05, 0.1) is 36.5 Å². The highest BCUT2D eigenvalue weighted by Gasteiger charge is 2.25. The Hall–Kier alpha value is -14.8. The number of carbonyl (C=O) groups excluding carboxylic acids is 3. The van der Waals surface area contributed by atoms with Crippen LogP contribution in [0.2, 0.25) is 0 Å². The van der Waals surface area contributed by atoms with Crippen molar-refractivity contribution in [3.05, 3.63) is 281 Å². The number of aromatic hydroxyl groups is 6. The maximum Gasteiger partial charge on any atom is 0.338 e. The Bertz CT molecular complexity index is 6630. The molecule has 15 bridgehead atoms. The normalized spacial score (nSPS) is 11.6. The Labute approximate surface area is 791 Å². The van der Waals surface area contributed by atoms with Crippen LogP contribution in [0.3, 0.4) is 0 Å². The molecule has 15 aromatic carbocycles. The lowest BCUT2D eigenvalue weighted by Crippen LogP contribution is -2.07. The molecule has 0 saturated heterocycles. The predicted molar refractivity (Wildman–Crippen MR) is 549 cm³/mol. The van der Waals surface area contributed by atoms with E-state index in [1.54, 1.807) is 72.8 Å². The molecule has 0 unspecified atom stereocenters. The zero-order valence-corrected chi connectivity index (χ0v) is 78.8. The Balaban J connectivity index is 0.931. The SMILES string of the molecule is CCCCCCCCCCOC(=O)c1cc2cc(c1)C#Cc1cc3cc(c4ccc(O)c(C)c4c3c3c(C)c(O)ccc13)C#Cc1cc(cc(C(=O)OCCCCCCCCCC)c1)C#Cc1cc3cc(c4ccc(O)c(C)c4c3c3c(C)c(O)ccc13)C#Cc1cc(cc(C(=O)OCCCCCCCCCC)c1)C#Cc1cc3cc(c4ccc(O)c(C)c4c3c3c(C)c(O)ccc13)C#C2. The zero-order valence-electron chi connectivity index (χ0n) is 78.8. The second-order valence-corrected chi connectivity index (χ2v) is 36.4. The van der Waals surface area contributed by atoms with Gasteiger partial charge in [0.1, 0.15) is 34.5 Å². The molecule has 16 rings (SSSR count). The Morgan fingerprint density at radius 1 is 0.215 bits per heavy atom. The number of unbranched alkanes of at least 4 members (excludes halogenated alkanes) is 21. The van der Waals surface area contributed by atoms with Crippen molar-refractivity contribution in [2.45, 2.75) is 216 Å². The van der Waals surface area contributed by atoms with Gasteiger partial charge in [0.15, 0.2) is 0 Å². The zero-order chi connectivity index (χ0) is 94.5. The number of benzene rings is 15. The van der Waals surface area contributed by atoms with Crippen LogP contribution in [0.25, 0.3) is 97.0 Å². The van der Waals surface area contributed by atoms with Crippen LogP contribution in [0, 0.1) is 113 Å². The molecular weight excluding hydrogens is 1670 g/mol. The maximum absolute atomic E-state index is 14.6. The molecule has 1 aliphatic carbocycles. The summed E-state index contributed by atoms with van der Waals surface area (Å²) in [6.45, 7) is 18.5. The summed E-state index contributed by atoms with van der Waals surface area (Å²) < 4.78 is 18.3. The second-order valence-electron chi connectivity index (χ2n) is 36.4. The maximum atomic E-state index is 14.6. The molecule has 135 heavy (non-hydrogen) atoms. The van der Waals surface area contributed by atoms with Crippen molar-refractivity contribution in [1.82, 2.24) is 0 Å². The molecule has 0 saturated carbocycles. The average molecular weight is 1780 g/mol. The van der Waals surface area contributed by atoms with Gasteiger partial charge in [0.2, 0.25) is 0 Å².